The van der Waals surface area contributed by atoms with Gasteiger partial charge in [-0.15, -0.1) is 0 Å². The average molecular weight is 291 g/mol. The monoisotopic (exact) mass is 291 g/mol. The van der Waals surface area contributed by atoms with Crippen molar-refractivity contribution in [2.75, 3.05) is 0 Å². The third-order valence-corrected chi connectivity index (χ3v) is 5.72. The van der Waals surface area contributed by atoms with Gasteiger partial charge in [0.15, 0.2) is 0 Å². The Morgan fingerprint density at radius 1 is 0.950 bits per heavy atom. The van der Waals surface area contributed by atoms with Gasteiger partial charge in [-0.25, -0.2) is 0 Å². The fourth-order valence-corrected chi connectivity index (χ4v) is 4.59. The molecule has 0 radical (unpaired) electrons. The minimum absolute atomic E-state index is 0.257. The second-order valence-electron chi connectivity index (χ2n) is 6.79. The molecule has 2 aliphatic carbocycles. The van der Waals surface area contributed by atoms with Gasteiger partial charge in [0.05, 0.1) is 5.92 Å². The summed E-state index contributed by atoms with van der Waals surface area (Å²) in [7, 11) is 0. The highest BCUT2D eigenvalue weighted by Gasteiger charge is 2.49. The van der Waals surface area contributed by atoms with Crippen LogP contribution in [0.5, 0.6) is 0 Å². The molecule has 2 fully saturated rings. The summed E-state index contributed by atoms with van der Waals surface area (Å²) in [5, 5.41) is 0. The third-order valence-electron chi connectivity index (χ3n) is 5.72. The van der Waals surface area contributed by atoms with Crippen molar-refractivity contribution in [2.24, 2.45) is 29.4 Å². The molecule has 118 valence electrons. The summed E-state index contributed by atoms with van der Waals surface area (Å²) < 4.78 is 39.7. The van der Waals surface area contributed by atoms with Gasteiger partial charge in [-0.3, -0.25) is 0 Å². The van der Waals surface area contributed by atoms with Gasteiger partial charge in [-0.1, -0.05) is 45.4 Å². The summed E-state index contributed by atoms with van der Waals surface area (Å²) in [6, 6.07) is -0.257. The number of rotatable bonds is 3. The Morgan fingerprint density at radius 3 is 2.10 bits per heavy atom. The maximum Gasteiger partial charge on any atom is 0.392 e. The molecule has 0 heterocycles. The quantitative estimate of drug-likeness (QED) is 0.786. The number of hydrogen-bond donors (Lipinski definition) is 1. The molecule has 0 aromatic carbocycles. The topological polar surface area (TPSA) is 26.0 Å². The van der Waals surface area contributed by atoms with Crippen LogP contribution in [0.25, 0.3) is 0 Å². The standard InChI is InChI=1S/C16H28F3N/c1-2-11-7-3-4-8-12(11)15(20)13-9-5-6-10-14(13)16(17,18)19/h11-15H,2-10,20H2,1H3. The summed E-state index contributed by atoms with van der Waals surface area (Å²) in [5.41, 5.74) is 6.38. The van der Waals surface area contributed by atoms with E-state index in [4.69, 9.17) is 5.73 Å². The van der Waals surface area contributed by atoms with Gasteiger partial charge in [0.2, 0.25) is 0 Å². The van der Waals surface area contributed by atoms with Gasteiger partial charge in [-0.2, -0.15) is 13.2 Å². The van der Waals surface area contributed by atoms with Crippen LogP contribution >= 0.6 is 0 Å². The maximum absolute atomic E-state index is 13.2. The predicted molar refractivity (Wildman–Crippen MR) is 75.2 cm³/mol. The molecule has 0 bridgehead atoms. The normalized spacial score (nSPS) is 37.6. The highest BCUT2D eigenvalue weighted by Crippen LogP contribution is 2.46. The van der Waals surface area contributed by atoms with E-state index in [1.54, 1.807) is 0 Å². The molecule has 5 unspecified atom stereocenters. The zero-order valence-electron chi connectivity index (χ0n) is 12.5. The zero-order valence-corrected chi connectivity index (χ0v) is 12.5. The Hall–Kier alpha value is -0.250. The minimum atomic E-state index is -4.07. The molecule has 0 amide bonds. The lowest BCUT2D eigenvalue weighted by Gasteiger charge is -2.43. The van der Waals surface area contributed by atoms with Crippen molar-refractivity contribution in [1.29, 1.82) is 0 Å². The number of nitrogens with two attached hydrogens (primary N) is 1. The highest BCUT2D eigenvalue weighted by molar-refractivity contribution is 4.93. The van der Waals surface area contributed by atoms with Crippen LogP contribution in [0.1, 0.15) is 64.7 Å². The van der Waals surface area contributed by atoms with Crippen molar-refractivity contribution < 1.29 is 13.2 Å². The van der Waals surface area contributed by atoms with Crippen LogP contribution in [0.15, 0.2) is 0 Å². The summed E-state index contributed by atoms with van der Waals surface area (Å²) >= 11 is 0. The molecule has 2 aliphatic rings. The van der Waals surface area contributed by atoms with E-state index in [-0.39, 0.29) is 18.4 Å². The van der Waals surface area contributed by atoms with Crippen molar-refractivity contribution >= 4 is 0 Å². The third kappa shape index (κ3) is 3.49. The summed E-state index contributed by atoms with van der Waals surface area (Å²) in [6.07, 6.45) is 4.08. The minimum Gasteiger partial charge on any atom is -0.327 e. The van der Waals surface area contributed by atoms with E-state index >= 15 is 0 Å². The summed E-state index contributed by atoms with van der Waals surface area (Å²) in [4.78, 5) is 0. The smallest absolute Gasteiger partial charge is 0.327 e. The predicted octanol–water partition coefficient (Wildman–Crippen LogP) is 4.90. The van der Waals surface area contributed by atoms with Crippen LogP contribution < -0.4 is 5.73 Å². The van der Waals surface area contributed by atoms with Crippen molar-refractivity contribution in [3.05, 3.63) is 0 Å². The number of alkyl halides is 3. The fourth-order valence-electron chi connectivity index (χ4n) is 4.59. The molecule has 2 saturated carbocycles. The lowest BCUT2D eigenvalue weighted by atomic mass is 9.65. The SMILES string of the molecule is CCC1CCCCC1C(N)C1CCCCC1C(F)(F)F. The van der Waals surface area contributed by atoms with Crippen LogP contribution in [0, 0.1) is 23.7 Å². The van der Waals surface area contributed by atoms with E-state index in [9.17, 15) is 13.2 Å². The molecule has 1 nitrogen and oxygen atoms in total. The van der Waals surface area contributed by atoms with Crippen LogP contribution in [-0.4, -0.2) is 12.2 Å². The lowest BCUT2D eigenvalue weighted by molar-refractivity contribution is -0.200. The first kappa shape index (κ1) is 16.1. The molecule has 0 saturated heterocycles. The summed E-state index contributed by atoms with van der Waals surface area (Å²) in [5.74, 6) is -0.664. The lowest BCUT2D eigenvalue weighted by Crippen LogP contribution is -2.49. The van der Waals surface area contributed by atoms with E-state index in [1.807, 2.05) is 0 Å². The Bertz CT molecular complexity index is 303. The second-order valence-corrected chi connectivity index (χ2v) is 6.79. The van der Waals surface area contributed by atoms with Crippen LogP contribution in [0.4, 0.5) is 13.2 Å². The molecule has 0 aromatic rings. The molecule has 20 heavy (non-hydrogen) atoms. The van der Waals surface area contributed by atoms with Crippen LogP contribution in [-0.2, 0) is 0 Å². The fraction of sp³-hybridized carbons (Fsp3) is 1.00. The maximum atomic E-state index is 13.2. The average Bonchev–Trinajstić information content (AvgIpc) is 2.45. The molecule has 0 aliphatic heterocycles. The highest BCUT2D eigenvalue weighted by atomic mass is 19.4. The van der Waals surface area contributed by atoms with Gasteiger partial charge in [-0.05, 0) is 37.0 Å². The van der Waals surface area contributed by atoms with Crippen molar-refractivity contribution in [3.63, 3.8) is 0 Å². The van der Waals surface area contributed by atoms with Crippen molar-refractivity contribution in [1.82, 2.24) is 0 Å². The Morgan fingerprint density at radius 2 is 1.50 bits per heavy atom. The second kappa shape index (κ2) is 6.67. The van der Waals surface area contributed by atoms with Crippen LogP contribution in [0.3, 0.4) is 0 Å². The molecule has 2 rings (SSSR count). The van der Waals surface area contributed by atoms with Gasteiger partial charge >= 0.3 is 6.18 Å². The first-order valence-corrected chi connectivity index (χ1v) is 8.27. The first-order chi connectivity index (χ1) is 9.45. The van der Waals surface area contributed by atoms with Gasteiger partial charge in [0.25, 0.3) is 0 Å². The van der Waals surface area contributed by atoms with Gasteiger partial charge in [0, 0.05) is 6.04 Å². The van der Waals surface area contributed by atoms with Gasteiger partial charge in [0.1, 0.15) is 0 Å². The van der Waals surface area contributed by atoms with E-state index < -0.39 is 12.1 Å². The largest absolute Gasteiger partial charge is 0.392 e. The van der Waals surface area contributed by atoms with E-state index in [1.165, 1.54) is 6.42 Å². The Kier molecular flexibility index (Phi) is 5.38. The molecule has 0 aromatic heterocycles. The Labute approximate surface area is 120 Å². The number of halogens is 3. The first-order valence-electron chi connectivity index (χ1n) is 8.27. The summed E-state index contributed by atoms with van der Waals surface area (Å²) in [6.45, 7) is 2.15. The number of hydrogen-bond acceptors (Lipinski definition) is 1. The molecule has 5 atom stereocenters. The van der Waals surface area contributed by atoms with E-state index in [2.05, 4.69) is 6.92 Å². The van der Waals surface area contributed by atoms with Gasteiger partial charge < -0.3 is 5.73 Å². The zero-order chi connectivity index (χ0) is 14.8. The van der Waals surface area contributed by atoms with E-state index in [0.717, 1.165) is 32.1 Å². The van der Waals surface area contributed by atoms with Crippen molar-refractivity contribution in [2.45, 2.75) is 76.9 Å². The molecule has 2 N–H and O–H groups in total. The van der Waals surface area contributed by atoms with Crippen LogP contribution in [0.2, 0.25) is 0 Å². The molecular formula is C16H28F3N. The molecular weight excluding hydrogens is 263 g/mol. The van der Waals surface area contributed by atoms with E-state index in [0.29, 0.717) is 24.7 Å². The Balaban J connectivity index is 2.10. The van der Waals surface area contributed by atoms with Crippen molar-refractivity contribution in [3.8, 4) is 0 Å². The molecule has 4 heteroatoms. The molecule has 0 spiro atoms.